The average Bonchev–Trinajstić information content (AvgIpc) is 3.17. The quantitative estimate of drug-likeness (QED) is 0.209. The molecule has 4 fully saturated rings. The minimum Gasteiger partial charge on any atom is -0.100 e. The van der Waals surface area contributed by atoms with Gasteiger partial charge in [0.25, 0.3) is 0 Å². The molecule has 4 aliphatic carbocycles. The molecule has 0 aromatic heterocycles. The molecule has 0 amide bonds. The van der Waals surface area contributed by atoms with Crippen molar-refractivity contribution in [2.75, 3.05) is 0 Å². The fourth-order valence-electron chi connectivity index (χ4n) is 10.5. The fraction of sp³-hybridized carbons (Fsp3) is 0.941. The first-order valence-electron chi connectivity index (χ1n) is 15.9. The van der Waals surface area contributed by atoms with E-state index in [0.717, 1.165) is 41.4 Å². The van der Waals surface area contributed by atoms with Gasteiger partial charge in [0.2, 0.25) is 0 Å². The van der Waals surface area contributed by atoms with Crippen LogP contribution >= 0.6 is 0 Å². The lowest BCUT2D eigenvalue weighted by atomic mass is 9.44. The van der Waals surface area contributed by atoms with Crippen LogP contribution in [0.4, 0.5) is 0 Å². The summed E-state index contributed by atoms with van der Waals surface area (Å²) in [5.74, 6) is 7.08. The summed E-state index contributed by atoms with van der Waals surface area (Å²) in [4.78, 5) is 0. The number of rotatable bonds is 11. The molecule has 0 aromatic carbocycles. The summed E-state index contributed by atoms with van der Waals surface area (Å²) >= 11 is 0. The van der Waals surface area contributed by atoms with Crippen LogP contribution in [-0.4, -0.2) is 0 Å². The van der Waals surface area contributed by atoms with Gasteiger partial charge in [-0.2, -0.15) is 0 Å². The molecule has 4 rings (SSSR count). The van der Waals surface area contributed by atoms with Crippen molar-refractivity contribution in [2.45, 2.75) is 150 Å². The Morgan fingerprint density at radius 2 is 1.56 bits per heavy atom. The highest BCUT2D eigenvalue weighted by molar-refractivity contribution is 5.09. The summed E-state index contributed by atoms with van der Waals surface area (Å²) in [5, 5.41) is 0. The van der Waals surface area contributed by atoms with Crippen molar-refractivity contribution in [3.05, 3.63) is 12.2 Å². The van der Waals surface area contributed by atoms with Crippen molar-refractivity contribution in [1.82, 2.24) is 0 Å². The van der Waals surface area contributed by atoms with E-state index in [4.69, 9.17) is 0 Å². The predicted octanol–water partition coefficient (Wildman–Crippen LogP) is 11.0. The molecule has 0 saturated heterocycles. The minimum absolute atomic E-state index is 0.633. The summed E-state index contributed by atoms with van der Waals surface area (Å²) in [7, 11) is 0. The summed E-state index contributed by atoms with van der Waals surface area (Å²) in [6.07, 6.45) is 26.9. The van der Waals surface area contributed by atoms with Gasteiger partial charge in [0.05, 0.1) is 0 Å². The molecule has 4 saturated carbocycles. The smallest absolute Gasteiger partial charge is 0.0264 e. The summed E-state index contributed by atoms with van der Waals surface area (Å²) in [6.45, 7) is 16.8. The molecule has 0 radical (unpaired) electrons. The van der Waals surface area contributed by atoms with Crippen molar-refractivity contribution in [1.29, 1.82) is 0 Å². The Hall–Kier alpha value is -0.260. The molecule has 0 nitrogen and oxygen atoms in total. The summed E-state index contributed by atoms with van der Waals surface area (Å²) < 4.78 is 0. The SMILES string of the molecule is C=C(C)CCC(C)C1CCC2C3CCC4CC(CCCCCCCC)CCC4(C)C3CCC12C. The first kappa shape index (κ1) is 26.8. The number of unbranched alkanes of at least 4 members (excludes halogenated alkanes) is 5. The zero-order chi connectivity index (χ0) is 24.3. The maximum Gasteiger partial charge on any atom is -0.0264 e. The molecular weight excluding hydrogens is 408 g/mol. The Balaban J connectivity index is 1.33. The highest BCUT2D eigenvalue weighted by Crippen LogP contribution is 2.68. The molecule has 34 heavy (non-hydrogen) atoms. The fourth-order valence-corrected chi connectivity index (χ4v) is 10.5. The Morgan fingerprint density at radius 1 is 0.853 bits per heavy atom. The standard InChI is InChI=1S/C34H60/c1-7-8-9-10-11-12-13-27-20-22-33(5)28(24-27)16-17-29-31-19-18-30(26(4)15-14-25(2)3)34(31,6)23-21-32(29)33/h26-32H,2,7-24H2,1,3-6H3. The molecule has 9 unspecified atom stereocenters. The van der Waals surface area contributed by atoms with Gasteiger partial charge in [0, 0.05) is 0 Å². The number of hydrogen-bond donors (Lipinski definition) is 0. The van der Waals surface area contributed by atoms with E-state index in [2.05, 4.69) is 41.2 Å². The third kappa shape index (κ3) is 5.37. The lowest BCUT2D eigenvalue weighted by Crippen LogP contribution is -2.53. The molecule has 0 heteroatoms. The molecule has 0 N–H and O–H groups in total. The Morgan fingerprint density at radius 3 is 2.32 bits per heavy atom. The van der Waals surface area contributed by atoms with E-state index >= 15 is 0 Å². The van der Waals surface area contributed by atoms with Gasteiger partial charge in [-0.3, -0.25) is 0 Å². The second kappa shape index (κ2) is 11.4. The van der Waals surface area contributed by atoms with Crippen LogP contribution in [0.15, 0.2) is 12.2 Å². The zero-order valence-corrected chi connectivity index (χ0v) is 24.0. The van der Waals surface area contributed by atoms with Crippen LogP contribution in [0, 0.1) is 52.3 Å². The van der Waals surface area contributed by atoms with Crippen molar-refractivity contribution < 1.29 is 0 Å². The van der Waals surface area contributed by atoms with Gasteiger partial charge >= 0.3 is 0 Å². The lowest BCUT2D eigenvalue weighted by molar-refractivity contribution is -0.121. The van der Waals surface area contributed by atoms with Gasteiger partial charge in [-0.05, 0) is 130 Å². The van der Waals surface area contributed by atoms with Crippen LogP contribution in [0.1, 0.15) is 150 Å². The molecule has 9 atom stereocenters. The maximum absolute atomic E-state index is 4.19. The van der Waals surface area contributed by atoms with Gasteiger partial charge in [-0.25, -0.2) is 0 Å². The third-order valence-electron chi connectivity index (χ3n) is 12.5. The average molecular weight is 469 g/mol. The summed E-state index contributed by atoms with van der Waals surface area (Å²) in [6, 6.07) is 0. The number of allylic oxidation sites excluding steroid dienone is 1. The second-order valence-electron chi connectivity index (χ2n) is 14.6. The van der Waals surface area contributed by atoms with Crippen molar-refractivity contribution in [3.8, 4) is 0 Å². The molecule has 0 aliphatic heterocycles. The lowest BCUT2D eigenvalue weighted by Gasteiger charge is -2.61. The molecule has 0 spiro atoms. The third-order valence-corrected chi connectivity index (χ3v) is 12.5. The number of fused-ring (bicyclic) bond motifs is 5. The van der Waals surface area contributed by atoms with E-state index in [1.165, 1.54) is 76.2 Å². The molecular formula is C34H60. The van der Waals surface area contributed by atoms with E-state index in [1.807, 2.05) is 0 Å². The van der Waals surface area contributed by atoms with Crippen LogP contribution in [0.5, 0.6) is 0 Å². The first-order chi connectivity index (χ1) is 16.3. The van der Waals surface area contributed by atoms with E-state index < -0.39 is 0 Å². The van der Waals surface area contributed by atoms with E-state index in [1.54, 1.807) is 44.9 Å². The largest absolute Gasteiger partial charge is 0.100 e. The van der Waals surface area contributed by atoms with Crippen LogP contribution < -0.4 is 0 Å². The van der Waals surface area contributed by atoms with Gasteiger partial charge < -0.3 is 0 Å². The van der Waals surface area contributed by atoms with Crippen LogP contribution in [0.25, 0.3) is 0 Å². The second-order valence-corrected chi connectivity index (χ2v) is 14.6. The van der Waals surface area contributed by atoms with E-state index in [-0.39, 0.29) is 0 Å². The highest BCUT2D eigenvalue weighted by Gasteiger charge is 2.60. The Kier molecular flexibility index (Phi) is 9.00. The normalized spacial score (nSPS) is 42.5. The molecule has 0 bridgehead atoms. The van der Waals surface area contributed by atoms with Gasteiger partial charge in [-0.1, -0.05) is 78.2 Å². The first-order valence-corrected chi connectivity index (χ1v) is 15.9. The summed E-state index contributed by atoms with van der Waals surface area (Å²) in [5.41, 5.74) is 2.69. The van der Waals surface area contributed by atoms with Crippen LogP contribution in [0.3, 0.4) is 0 Å². The predicted molar refractivity (Wildman–Crippen MR) is 150 cm³/mol. The van der Waals surface area contributed by atoms with Gasteiger partial charge in [0.1, 0.15) is 0 Å². The molecule has 196 valence electrons. The Bertz CT molecular complexity index is 661. The van der Waals surface area contributed by atoms with Crippen molar-refractivity contribution in [3.63, 3.8) is 0 Å². The van der Waals surface area contributed by atoms with E-state index in [9.17, 15) is 0 Å². The zero-order valence-electron chi connectivity index (χ0n) is 24.0. The van der Waals surface area contributed by atoms with Crippen molar-refractivity contribution in [2.24, 2.45) is 52.3 Å². The maximum atomic E-state index is 4.19. The highest BCUT2D eigenvalue weighted by atomic mass is 14.6. The molecule has 0 heterocycles. The Labute approximate surface area is 214 Å². The minimum atomic E-state index is 0.633. The van der Waals surface area contributed by atoms with Gasteiger partial charge in [0.15, 0.2) is 0 Å². The number of hydrogen-bond acceptors (Lipinski definition) is 0. The van der Waals surface area contributed by atoms with Crippen molar-refractivity contribution >= 4 is 0 Å². The molecule has 4 aliphatic rings. The topological polar surface area (TPSA) is 0 Å². The van der Waals surface area contributed by atoms with Crippen LogP contribution in [-0.2, 0) is 0 Å². The van der Waals surface area contributed by atoms with Crippen LogP contribution in [0.2, 0.25) is 0 Å². The monoisotopic (exact) mass is 468 g/mol. The van der Waals surface area contributed by atoms with Gasteiger partial charge in [-0.15, -0.1) is 6.58 Å². The van der Waals surface area contributed by atoms with E-state index in [0.29, 0.717) is 10.8 Å². The molecule has 0 aromatic rings.